The number of halogens is 1. The van der Waals surface area contributed by atoms with Crippen LogP contribution in [-0.2, 0) is 4.79 Å². The van der Waals surface area contributed by atoms with Crippen LogP contribution < -0.4 is 10.6 Å². The van der Waals surface area contributed by atoms with E-state index in [1.807, 2.05) is 49.4 Å². The summed E-state index contributed by atoms with van der Waals surface area (Å²) >= 11 is 3.41. The predicted octanol–water partition coefficient (Wildman–Crippen LogP) is 3.86. The quantitative estimate of drug-likeness (QED) is 0.883. The lowest BCUT2D eigenvalue weighted by molar-refractivity contribution is -0.116. The molecule has 0 aliphatic carbocycles. The highest BCUT2D eigenvalue weighted by Gasteiger charge is 2.30. The van der Waals surface area contributed by atoms with Crippen LogP contribution in [-0.4, -0.2) is 5.91 Å². The summed E-state index contributed by atoms with van der Waals surface area (Å²) in [4.78, 5) is 12.0. The summed E-state index contributed by atoms with van der Waals surface area (Å²) in [6, 6.07) is 13.5. The van der Waals surface area contributed by atoms with Crippen LogP contribution >= 0.6 is 15.9 Å². The number of carbonyl (C=O) groups excluding carboxylic acids is 1. The molecular formula is C15H13BrN2O. The number of aryl methyl sites for hydroxylation is 1. The van der Waals surface area contributed by atoms with Crippen molar-refractivity contribution in [2.75, 3.05) is 10.6 Å². The maximum Gasteiger partial charge on any atom is 0.251 e. The Hall–Kier alpha value is -1.81. The van der Waals surface area contributed by atoms with Gasteiger partial charge in [-0.05, 0) is 36.8 Å². The molecule has 0 radical (unpaired) electrons. The van der Waals surface area contributed by atoms with Crippen molar-refractivity contribution in [3.8, 4) is 0 Å². The van der Waals surface area contributed by atoms with Crippen molar-refractivity contribution in [1.29, 1.82) is 0 Å². The third-order valence-corrected chi connectivity index (χ3v) is 3.67. The van der Waals surface area contributed by atoms with E-state index in [-0.39, 0.29) is 11.9 Å². The zero-order valence-corrected chi connectivity index (χ0v) is 12.0. The summed E-state index contributed by atoms with van der Waals surface area (Å²) in [6.45, 7) is 2.03. The summed E-state index contributed by atoms with van der Waals surface area (Å²) in [5.41, 5.74) is 3.97. The van der Waals surface area contributed by atoms with Gasteiger partial charge in [0.15, 0.2) is 0 Å². The molecule has 0 aromatic heterocycles. The highest BCUT2D eigenvalue weighted by molar-refractivity contribution is 9.10. The first-order chi connectivity index (χ1) is 9.13. The summed E-state index contributed by atoms with van der Waals surface area (Å²) in [6.07, 6.45) is 0. The average molecular weight is 317 g/mol. The number of nitrogens with one attached hydrogen (secondary N) is 2. The van der Waals surface area contributed by atoms with Crippen molar-refractivity contribution < 1.29 is 4.79 Å². The molecule has 0 spiro atoms. The number of fused-ring (bicyclic) bond motifs is 1. The van der Waals surface area contributed by atoms with Crippen molar-refractivity contribution >= 4 is 33.2 Å². The lowest BCUT2D eigenvalue weighted by Gasteiger charge is -2.13. The topological polar surface area (TPSA) is 41.1 Å². The third-order valence-electron chi connectivity index (χ3n) is 3.18. The fraction of sp³-hybridized carbons (Fsp3) is 0.133. The molecule has 0 saturated carbocycles. The largest absolute Gasteiger partial charge is 0.370 e. The first-order valence-electron chi connectivity index (χ1n) is 6.07. The average Bonchev–Trinajstić information content (AvgIpc) is 2.65. The molecule has 1 heterocycles. The van der Waals surface area contributed by atoms with Crippen LogP contribution in [0.15, 0.2) is 46.9 Å². The van der Waals surface area contributed by atoms with Gasteiger partial charge < -0.3 is 10.6 Å². The number of benzene rings is 2. The fourth-order valence-electron chi connectivity index (χ4n) is 2.28. The number of anilines is 2. The van der Waals surface area contributed by atoms with Crippen LogP contribution in [0.5, 0.6) is 0 Å². The molecule has 1 amide bonds. The van der Waals surface area contributed by atoms with Gasteiger partial charge in [-0.15, -0.1) is 0 Å². The van der Waals surface area contributed by atoms with E-state index in [1.54, 1.807) is 0 Å². The molecule has 0 saturated heterocycles. The maximum absolute atomic E-state index is 12.0. The second-order valence-electron chi connectivity index (χ2n) is 4.67. The zero-order valence-electron chi connectivity index (χ0n) is 10.4. The minimum Gasteiger partial charge on any atom is -0.370 e. The van der Waals surface area contributed by atoms with E-state index in [4.69, 9.17) is 0 Å². The van der Waals surface area contributed by atoms with E-state index in [9.17, 15) is 4.79 Å². The summed E-state index contributed by atoms with van der Waals surface area (Å²) in [5, 5.41) is 6.17. The molecule has 1 unspecified atom stereocenters. The molecule has 96 valence electrons. The molecule has 1 atom stereocenters. The second kappa shape index (κ2) is 4.70. The third kappa shape index (κ3) is 2.36. The number of hydrogen-bond donors (Lipinski definition) is 2. The monoisotopic (exact) mass is 316 g/mol. The fourth-order valence-corrected chi connectivity index (χ4v) is 2.64. The van der Waals surface area contributed by atoms with Crippen LogP contribution in [0, 0.1) is 6.92 Å². The Morgan fingerprint density at radius 2 is 2.05 bits per heavy atom. The smallest absolute Gasteiger partial charge is 0.251 e. The van der Waals surface area contributed by atoms with E-state index in [1.165, 1.54) is 5.56 Å². The molecular weight excluding hydrogens is 304 g/mol. The zero-order chi connectivity index (χ0) is 13.4. The van der Waals surface area contributed by atoms with E-state index in [0.717, 1.165) is 21.4 Å². The van der Waals surface area contributed by atoms with Crippen molar-refractivity contribution in [1.82, 2.24) is 0 Å². The first-order valence-corrected chi connectivity index (χ1v) is 6.86. The minimum atomic E-state index is -0.329. The van der Waals surface area contributed by atoms with Gasteiger partial charge in [0.25, 0.3) is 5.91 Å². The van der Waals surface area contributed by atoms with Gasteiger partial charge in [0, 0.05) is 21.4 Å². The lowest BCUT2D eigenvalue weighted by atomic mass is 10.1. The van der Waals surface area contributed by atoms with Gasteiger partial charge in [-0.2, -0.15) is 0 Å². The Morgan fingerprint density at radius 1 is 1.21 bits per heavy atom. The van der Waals surface area contributed by atoms with E-state index < -0.39 is 0 Å². The van der Waals surface area contributed by atoms with Crippen LogP contribution in [0.25, 0.3) is 0 Å². The first kappa shape index (κ1) is 12.2. The highest BCUT2D eigenvalue weighted by atomic mass is 79.9. The van der Waals surface area contributed by atoms with Crippen LogP contribution in [0.3, 0.4) is 0 Å². The van der Waals surface area contributed by atoms with Gasteiger partial charge in [-0.25, -0.2) is 0 Å². The maximum atomic E-state index is 12.0. The summed E-state index contributed by atoms with van der Waals surface area (Å²) in [5.74, 6) is -0.0189. The molecule has 0 fully saturated rings. The Balaban J connectivity index is 1.92. The Bertz CT molecular complexity index is 654. The Kier molecular flexibility index (Phi) is 3.03. The normalized spacial score (nSPS) is 16.9. The standard InChI is InChI=1S/C15H13BrN2O/c1-9-3-2-4-11(7-9)17-14-12-6-5-10(16)8-13(12)18-15(14)19/h2-8,14,17H,1H3,(H,18,19). The molecule has 2 N–H and O–H groups in total. The van der Waals surface area contributed by atoms with Gasteiger partial charge in [-0.3, -0.25) is 4.79 Å². The molecule has 2 aromatic carbocycles. The Morgan fingerprint density at radius 3 is 2.84 bits per heavy atom. The van der Waals surface area contributed by atoms with Gasteiger partial charge in [-0.1, -0.05) is 34.1 Å². The van der Waals surface area contributed by atoms with Crippen molar-refractivity contribution in [3.05, 3.63) is 58.1 Å². The predicted molar refractivity (Wildman–Crippen MR) is 80.3 cm³/mol. The van der Waals surface area contributed by atoms with Crippen LogP contribution in [0.4, 0.5) is 11.4 Å². The molecule has 19 heavy (non-hydrogen) atoms. The Labute approximate surface area is 120 Å². The lowest BCUT2D eigenvalue weighted by Crippen LogP contribution is -2.19. The van der Waals surface area contributed by atoms with Crippen LogP contribution in [0.1, 0.15) is 17.2 Å². The number of carbonyl (C=O) groups is 1. The van der Waals surface area contributed by atoms with Crippen molar-refractivity contribution in [3.63, 3.8) is 0 Å². The van der Waals surface area contributed by atoms with E-state index in [0.29, 0.717) is 0 Å². The molecule has 1 aliphatic rings. The molecule has 2 aromatic rings. The van der Waals surface area contributed by atoms with E-state index >= 15 is 0 Å². The molecule has 3 nitrogen and oxygen atoms in total. The SMILES string of the molecule is Cc1cccc(NC2C(=O)Nc3cc(Br)ccc32)c1. The summed E-state index contributed by atoms with van der Waals surface area (Å²) in [7, 11) is 0. The molecule has 3 rings (SSSR count). The number of amides is 1. The van der Waals surface area contributed by atoms with Gasteiger partial charge in [0.05, 0.1) is 0 Å². The molecule has 0 bridgehead atoms. The number of hydrogen-bond acceptors (Lipinski definition) is 2. The van der Waals surface area contributed by atoms with Crippen molar-refractivity contribution in [2.45, 2.75) is 13.0 Å². The highest BCUT2D eigenvalue weighted by Crippen LogP contribution is 2.35. The van der Waals surface area contributed by atoms with Gasteiger partial charge in [0.1, 0.15) is 6.04 Å². The minimum absolute atomic E-state index is 0.0189. The van der Waals surface area contributed by atoms with E-state index in [2.05, 4.69) is 26.6 Å². The van der Waals surface area contributed by atoms with Crippen molar-refractivity contribution in [2.24, 2.45) is 0 Å². The van der Waals surface area contributed by atoms with Gasteiger partial charge in [0.2, 0.25) is 0 Å². The summed E-state index contributed by atoms with van der Waals surface area (Å²) < 4.78 is 0.961. The second-order valence-corrected chi connectivity index (χ2v) is 5.58. The molecule has 4 heteroatoms. The molecule has 1 aliphatic heterocycles. The number of rotatable bonds is 2. The van der Waals surface area contributed by atoms with Gasteiger partial charge >= 0.3 is 0 Å². The van der Waals surface area contributed by atoms with Crippen LogP contribution in [0.2, 0.25) is 0 Å².